The summed E-state index contributed by atoms with van der Waals surface area (Å²) in [6, 6.07) is 13.5. The van der Waals surface area contributed by atoms with E-state index in [0.29, 0.717) is 23.4 Å². The summed E-state index contributed by atoms with van der Waals surface area (Å²) in [7, 11) is 0. The Kier molecular flexibility index (Phi) is 8.86. The maximum atomic E-state index is 15.4. The molecule has 1 fully saturated rings. The van der Waals surface area contributed by atoms with Gasteiger partial charge in [0.1, 0.15) is 12.4 Å². The van der Waals surface area contributed by atoms with Crippen molar-refractivity contribution in [2.24, 2.45) is 5.10 Å². The number of carbonyl (C=O) groups excluding carboxylic acids is 2. The zero-order valence-corrected chi connectivity index (χ0v) is 26.5. The summed E-state index contributed by atoms with van der Waals surface area (Å²) in [5.41, 5.74) is 7.98. The van der Waals surface area contributed by atoms with E-state index < -0.39 is 35.2 Å². The highest BCUT2D eigenvalue weighted by Crippen LogP contribution is 2.43. The molecule has 1 atom stereocenters. The standard InChI is InChI=1S/C33H34ClFN8O4/c1-33(2)18-24-22(4-3-5-26(24)41-16-14-36-15-17-41)30(31(45)38-21-8-6-20(7-9-21)32(46)47)43(33)28(44)13-10-23-27(42-19-37-39-40-42)12-11-25(34)29(23)35/h3-13,19,30,36,39-40H,14-18H2,1-2H3,(H,38,45)(H,46,47)/b13-10+. The van der Waals surface area contributed by atoms with E-state index in [4.69, 9.17) is 11.6 Å². The number of halogens is 2. The Bertz CT molecular complexity index is 1770. The van der Waals surface area contributed by atoms with Crippen molar-refractivity contribution in [1.82, 2.24) is 21.3 Å². The van der Waals surface area contributed by atoms with Gasteiger partial charge in [-0.1, -0.05) is 23.7 Å². The summed E-state index contributed by atoms with van der Waals surface area (Å²) in [5, 5.41) is 20.8. The first-order valence-corrected chi connectivity index (χ1v) is 15.5. The number of fused-ring (bicyclic) bond motifs is 1. The van der Waals surface area contributed by atoms with Crippen LogP contribution in [0.2, 0.25) is 5.02 Å². The lowest BCUT2D eigenvalue weighted by Crippen LogP contribution is -2.56. The van der Waals surface area contributed by atoms with Gasteiger partial charge in [0, 0.05) is 54.7 Å². The average Bonchev–Trinajstić information content (AvgIpc) is 3.59. The Labute approximate surface area is 275 Å². The molecule has 0 spiro atoms. The van der Waals surface area contributed by atoms with Crippen molar-refractivity contribution in [1.29, 1.82) is 0 Å². The third kappa shape index (κ3) is 6.37. The number of hydrazone groups is 1. The first-order chi connectivity index (χ1) is 22.5. The zero-order chi connectivity index (χ0) is 33.3. The van der Waals surface area contributed by atoms with E-state index in [1.807, 2.05) is 32.0 Å². The second-order valence-corrected chi connectivity index (χ2v) is 12.4. The van der Waals surface area contributed by atoms with Crippen LogP contribution in [0.5, 0.6) is 0 Å². The van der Waals surface area contributed by atoms with E-state index in [1.54, 1.807) is 6.07 Å². The molecule has 0 aromatic heterocycles. The molecule has 3 aliphatic rings. The maximum absolute atomic E-state index is 15.4. The number of anilines is 3. The first-order valence-electron chi connectivity index (χ1n) is 15.1. The van der Waals surface area contributed by atoms with Gasteiger partial charge in [-0.05, 0) is 79.9 Å². The molecule has 2 amide bonds. The summed E-state index contributed by atoms with van der Waals surface area (Å²) < 4.78 is 15.4. The minimum atomic E-state index is -1.09. The first kappa shape index (κ1) is 32.0. The Morgan fingerprint density at radius 3 is 2.49 bits per heavy atom. The van der Waals surface area contributed by atoms with Crippen LogP contribution in [0.4, 0.5) is 21.5 Å². The number of nitrogens with one attached hydrogen (secondary N) is 4. The number of hydrogen-bond donors (Lipinski definition) is 5. The minimum Gasteiger partial charge on any atom is -0.478 e. The minimum absolute atomic E-state index is 0.0456. The van der Waals surface area contributed by atoms with Crippen molar-refractivity contribution in [3.05, 3.63) is 93.8 Å². The van der Waals surface area contributed by atoms with Crippen LogP contribution in [-0.2, 0) is 16.0 Å². The van der Waals surface area contributed by atoms with Gasteiger partial charge in [-0.25, -0.2) is 19.7 Å². The lowest BCUT2D eigenvalue weighted by Gasteiger charge is -2.48. The molecule has 3 heterocycles. The number of carboxylic acids is 1. The molecule has 0 saturated carbocycles. The van der Waals surface area contributed by atoms with E-state index in [-0.39, 0.29) is 16.1 Å². The van der Waals surface area contributed by atoms with Gasteiger partial charge in [0.25, 0.3) is 5.91 Å². The number of aromatic carboxylic acids is 1. The number of nitrogens with zero attached hydrogens (tertiary/aromatic N) is 4. The molecular weight excluding hydrogens is 627 g/mol. The molecule has 5 N–H and O–H groups in total. The van der Waals surface area contributed by atoms with Gasteiger partial charge in [0.15, 0.2) is 5.82 Å². The Morgan fingerprint density at radius 2 is 1.81 bits per heavy atom. The van der Waals surface area contributed by atoms with Crippen molar-refractivity contribution < 1.29 is 23.9 Å². The second-order valence-electron chi connectivity index (χ2n) is 12.0. The molecule has 1 unspecified atom stereocenters. The third-order valence-electron chi connectivity index (χ3n) is 8.51. The SMILES string of the molecule is CC1(C)Cc2c(cccc2N2CCNCC2)C(C(=O)Nc2ccc(C(=O)O)cc2)N1C(=O)/C=C/c1c(N2C=NNN2)ccc(Cl)c1F. The predicted molar refractivity (Wildman–Crippen MR) is 179 cm³/mol. The van der Waals surface area contributed by atoms with Crippen molar-refractivity contribution in [3.8, 4) is 0 Å². The summed E-state index contributed by atoms with van der Waals surface area (Å²) in [4.78, 5) is 43.7. The van der Waals surface area contributed by atoms with Gasteiger partial charge in [-0.15, -0.1) is 5.53 Å². The van der Waals surface area contributed by atoms with Crippen molar-refractivity contribution >= 4 is 58.9 Å². The van der Waals surface area contributed by atoms with Crippen LogP contribution in [0.15, 0.2) is 65.8 Å². The fraction of sp³-hybridized carbons (Fsp3) is 0.273. The third-order valence-corrected chi connectivity index (χ3v) is 8.81. The molecule has 0 aliphatic carbocycles. The highest BCUT2D eigenvalue weighted by atomic mass is 35.5. The van der Waals surface area contributed by atoms with Crippen LogP contribution < -0.4 is 31.6 Å². The number of piperazine rings is 1. The molecular formula is C33H34ClFN8O4. The Morgan fingerprint density at radius 1 is 1.06 bits per heavy atom. The van der Waals surface area contributed by atoms with E-state index in [1.165, 1.54) is 58.7 Å². The summed E-state index contributed by atoms with van der Waals surface area (Å²) in [6.45, 7) is 7.06. The highest BCUT2D eigenvalue weighted by molar-refractivity contribution is 6.31. The maximum Gasteiger partial charge on any atom is 0.335 e. The average molecular weight is 661 g/mol. The van der Waals surface area contributed by atoms with Crippen molar-refractivity contribution in [2.75, 3.05) is 41.4 Å². The molecule has 47 heavy (non-hydrogen) atoms. The number of hydrazine groups is 2. The number of amides is 2. The van der Waals surface area contributed by atoms with E-state index in [0.717, 1.165) is 37.4 Å². The molecule has 0 radical (unpaired) electrons. The van der Waals surface area contributed by atoms with Gasteiger partial charge in [0.05, 0.1) is 16.3 Å². The smallest absolute Gasteiger partial charge is 0.335 e. The molecule has 1 saturated heterocycles. The molecule has 12 nitrogen and oxygen atoms in total. The molecule has 3 aromatic rings. The largest absolute Gasteiger partial charge is 0.478 e. The van der Waals surface area contributed by atoms with Gasteiger partial charge >= 0.3 is 5.97 Å². The predicted octanol–water partition coefficient (Wildman–Crippen LogP) is 3.92. The molecule has 14 heteroatoms. The van der Waals surface area contributed by atoms with Crippen molar-refractivity contribution in [3.63, 3.8) is 0 Å². The lowest BCUT2D eigenvalue weighted by molar-refractivity contribution is -0.142. The quantitative estimate of drug-likeness (QED) is 0.239. The van der Waals surface area contributed by atoms with Gasteiger partial charge in [-0.2, -0.15) is 5.10 Å². The van der Waals surface area contributed by atoms with Crippen LogP contribution in [0, 0.1) is 5.82 Å². The highest BCUT2D eigenvalue weighted by Gasteiger charge is 2.46. The van der Waals surface area contributed by atoms with Crippen LogP contribution >= 0.6 is 11.6 Å². The fourth-order valence-corrected chi connectivity index (χ4v) is 6.49. The fourth-order valence-electron chi connectivity index (χ4n) is 6.32. The summed E-state index contributed by atoms with van der Waals surface area (Å²) in [6.07, 6.45) is 4.46. The van der Waals surface area contributed by atoms with Crippen LogP contribution in [0.3, 0.4) is 0 Å². The number of carbonyl (C=O) groups is 3. The van der Waals surface area contributed by atoms with Gasteiger partial charge < -0.3 is 25.5 Å². The topological polar surface area (TPSA) is 142 Å². The Hall–Kier alpha value is -4.98. The van der Waals surface area contributed by atoms with E-state index >= 15 is 4.39 Å². The summed E-state index contributed by atoms with van der Waals surface area (Å²) in [5.74, 6) is -2.79. The van der Waals surface area contributed by atoms with Gasteiger partial charge in [0.2, 0.25) is 5.91 Å². The van der Waals surface area contributed by atoms with E-state index in [2.05, 4.69) is 31.7 Å². The normalized spacial score (nSPS) is 18.6. The zero-order valence-electron chi connectivity index (χ0n) is 25.8. The number of carboxylic acid groups (broad SMARTS) is 1. The van der Waals surface area contributed by atoms with Gasteiger partial charge in [-0.3, -0.25) is 9.59 Å². The molecule has 3 aliphatic heterocycles. The van der Waals surface area contributed by atoms with Crippen LogP contribution in [-0.4, -0.2) is 65.8 Å². The number of benzene rings is 3. The van der Waals surface area contributed by atoms with Crippen LogP contribution in [0.1, 0.15) is 46.9 Å². The van der Waals surface area contributed by atoms with Crippen LogP contribution in [0.25, 0.3) is 6.08 Å². The number of rotatable bonds is 7. The number of hydrogen-bond acceptors (Lipinski definition) is 9. The second kappa shape index (κ2) is 13.0. The molecule has 3 aromatic carbocycles. The molecule has 6 rings (SSSR count). The monoisotopic (exact) mass is 660 g/mol. The summed E-state index contributed by atoms with van der Waals surface area (Å²) >= 11 is 6.12. The molecule has 0 bridgehead atoms. The Balaban J connectivity index is 1.41. The molecule has 244 valence electrons. The van der Waals surface area contributed by atoms with Crippen molar-refractivity contribution in [2.45, 2.75) is 31.8 Å². The van der Waals surface area contributed by atoms with E-state index in [9.17, 15) is 19.5 Å². The lowest BCUT2D eigenvalue weighted by atomic mass is 9.79.